The van der Waals surface area contributed by atoms with E-state index in [9.17, 15) is 17.6 Å². The van der Waals surface area contributed by atoms with E-state index in [0.29, 0.717) is 18.8 Å². The Morgan fingerprint density at radius 1 is 0.878 bits per heavy atom. The second-order valence-electron chi connectivity index (χ2n) is 11.3. The van der Waals surface area contributed by atoms with Gasteiger partial charge in [0.1, 0.15) is 12.4 Å². The van der Waals surface area contributed by atoms with E-state index in [4.69, 9.17) is 4.74 Å². The van der Waals surface area contributed by atoms with Crippen LogP contribution in [0, 0.1) is 5.82 Å². The van der Waals surface area contributed by atoms with Gasteiger partial charge in [0.25, 0.3) is 10.0 Å². The second kappa shape index (κ2) is 11.4. The lowest BCUT2D eigenvalue weighted by Crippen LogP contribution is -2.26. The molecule has 0 unspecified atom stereocenters. The normalized spacial score (nSPS) is 13.1. The molecule has 0 radical (unpaired) electrons. The zero-order chi connectivity index (χ0) is 29.2. The van der Waals surface area contributed by atoms with Gasteiger partial charge in [0, 0.05) is 19.2 Å². The summed E-state index contributed by atoms with van der Waals surface area (Å²) >= 11 is 0. The van der Waals surface area contributed by atoms with Crippen LogP contribution in [0.4, 0.5) is 10.1 Å². The first-order valence-electron chi connectivity index (χ1n) is 13.5. The summed E-state index contributed by atoms with van der Waals surface area (Å²) in [7, 11) is -4.06. The Balaban J connectivity index is 1.22. The monoisotopic (exact) mass is 572 g/mol. The maximum atomic E-state index is 14.8. The number of anilines is 1. The smallest absolute Gasteiger partial charge is 0.261 e. The fourth-order valence-corrected chi connectivity index (χ4v) is 5.85. The summed E-state index contributed by atoms with van der Waals surface area (Å²) in [5.74, 6) is -0.474. The first-order chi connectivity index (χ1) is 19.5. The molecule has 4 aromatic rings. The molecular formula is C33H33FN2O4S. The van der Waals surface area contributed by atoms with E-state index in [0.717, 1.165) is 28.3 Å². The summed E-state index contributed by atoms with van der Waals surface area (Å²) in [6, 6.07) is 26.3. The number of nitrogens with zero attached hydrogens (tertiary/aromatic N) is 1. The standard InChI is InChI=1S/C33H33FN2O4S/c1-33(2,3)27-12-9-23(10-13-27)17-32(37)36-20-25-11-15-29(18-26(25)21-36)41(38,39)35-31-16-14-28(19-30(31)34)40-22-24-7-5-4-6-8-24/h4-16,18-19,35H,17,20-22H2,1-3H3. The van der Waals surface area contributed by atoms with Gasteiger partial charge in [-0.2, -0.15) is 0 Å². The van der Waals surface area contributed by atoms with E-state index >= 15 is 0 Å². The van der Waals surface area contributed by atoms with Crippen LogP contribution in [-0.4, -0.2) is 19.2 Å². The van der Waals surface area contributed by atoms with Crippen LogP contribution in [0.3, 0.4) is 0 Å². The van der Waals surface area contributed by atoms with Gasteiger partial charge in [-0.15, -0.1) is 0 Å². The van der Waals surface area contributed by atoms with Gasteiger partial charge < -0.3 is 9.64 Å². The summed E-state index contributed by atoms with van der Waals surface area (Å²) in [6.07, 6.45) is 0.273. The number of ether oxygens (including phenoxy) is 1. The van der Waals surface area contributed by atoms with Crippen molar-refractivity contribution >= 4 is 21.6 Å². The Hall–Kier alpha value is -4.17. The number of hydrogen-bond acceptors (Lipinski definition) is 4. The fourth-order valence-electron chi connectivity index (χ4n) is 4.74. The highest BCUT2D eigenvalue weighted by Crippen LogP contribution is 2.29. The maximum absolute atomic E-state index is 14.8. The Morgan fingerprint density at radius 3 is 2.27 bits per heavy atom. The minimum atomic E-state index is -4.06. The molecule has 1 N–H and O–H groups in total. The van der Waals surface area contributed by atoms with Crippen molar-refractivity contribution in [2.24, 2.45) is 0 Å². The highest BCUT2D eigenvalue weighted by atomic mass is 32.2. The van der Waals surface area contributed by atoms with E-state index in [-0.39, 0.29) is 34.9 Å². The average molecular weight is 573 g/mol. The Kier molecular flexibility index (Phi) is 7.87. The lowest BCUT2D eigenvalue weighted by atomic mass is 9.86. The molecule has 0 spiro atoms. The minimum Gasteiger partial charge on any atom is -0.489 e. The Labute approximate surface area is 240 Å². The molecule has 1 heterocycles. The van der Waals surface area contributed by atoms with Gasteiger partial charge in [-0.25, -0.2) is 12.8 Å². The third-order valence-corrected chi connectivity index (χ3v) is 8.53. The van der Waals surface area contributed by atoms with Gasteiger partial charge in [0.15, 0.2) is 5.82 Å². The number of rotatable bonds is 8. The van der Waals surface area contributed by atoms with E-state index in [1.165, 1.54) is 23.8 Å². The van der Waals surface area contributed by atoms with Crippen LogP contribution in [0.2, 0.25) is 0 Å². The Bertz CT molecular complexity index is 1660. The summed E-state index contributed by atoms with van der Waals surface area (Å²) in [4.78, 5) is 14.8. The Morgan fingerprint density at radius 2 is 1.59 bits per heavy atom. The molecule has 0 aliphatic carbocycles. The van der Waals surface area contributed by atoms with Crippen LogP contribution >= 0.6 is 0 Å². The van der Waals surface area contributed by atoms with Gasteiger partial charge in [-0.3, -0.25) is 9.52 Å². The number of hydrogen-bond donors (Lipinski definition) is 1. The predicted molar refractivity (Wildman–Crippen MR) is 158 cm³/mol. The number of sulfonamides is 1. The third-order valence-electron chi connectivity index (χ3n) is 7.17. The van der Waals surface area contributed by atoms with Crippen LogP contribution in [0.15, 0.2) is 95.9 Å². The molecule has 0 fully saturated rings. The molecule has 1 amide bonds. The van der Waals surface area contributed by atoms with E-state index < -0.39 is 15.8 Å². The number of amides is 1. The zero-order valence-corrected chi connectivity index (χ0v) is 24.2. The lowest BCUT2D eigenvalue weighted by Gasteiger charge is -2.19. The van der Waals surface area contributed by atoms with E-state index in [2.05, 4.69) is 37.6 Å². The van der Waals surface area contributed by atoms with Gasteiger partial charge in [0.2, 0.25) is 5.91 Å². The van der Waals surface area contributed by atoms with Crippen molar-refractivity contribution < 1.29 is 22.3 Å². The second-order valence-corrected chi connectivity index (χ2v) is 13.0. The van der Waals surface area contributed by atoms with Crippen molar-refractivity contribution in [1.82, 2.24) is 4.90 Å². The molecule has 1 aliphatic heterocycles. The van der Waals surface area contributed by atoms with Crippen molar-refractivity contribution in [1.29, 1.82) is 0 Å². The van der Waals surface area contributed by atoms with Crippen LogP contribution in [0.5, 0.6) is 5.75 Å². The van der Waals surface area contributed by atoms with E-state index in [1.807, 2.05) is 42.5 Å². The lowest BCUT2D eigenvalue weighted by molar-refractivity contribution is -0.131. The molecule has 212 valence electrons. The van der Waals surface area contributed by atoms with Crippen molar-refractivity contribution in [3.05, 3.63) is 125 Å². The molecule has 8 heteroatoms. The fraction of sp³-hybridized carbons (Fsp3) is 0.242. The highest BCUT2D eigenvalue weighted by Gasteiger charge is 2.26. The molecule has 0 saturated carbocycles. The zero-order valence-electron chi connectivity index (χ0n) is 23.4. The molecule has 5 rings (SSSR count). The average Bonchev–Trinajstić information content (AvgIpc) is 3.38. The van der Waals surface area contributed by atoms with Gasteiger partial charge in [-0.05, 0) is 57.5 Å². The minimum absolute atomic E-state index is 0.00659. The molecule has 0 atom stereocenters. The predicted octanol–water partition coefficient (Wildman–Crippen LogP) is 6.59. The van der Waals surface area contributed by atoms with Crippen LogP contribution in [0.25, 0.3) is 0 Å². The summed E-state index contributed by atoms with van der Waals surface area (Å²) < 4.78 is 49.0. The number of halogens is 1. The summed E-state index contributed by atoms with van der Waals surface area (Å²) in [5, 5.41) is 0. The number of nitrogens with one attached hydrogen (secondary N) is 1. The molecular weight excluding hydrogens is 539 g/mol. The summed E-state index contributed by atoms with van der Waals surface area (Å²) in [5.41, 5.74) is 4.59. The SMILES string of the molecule is CC(C)(C)c1ccc(CC(=O)N2Cc3ccc(S(=O)(=O)Nc4ccc(OCc5ccccc5)cc4F)cc3C2)cc1. The molecule has 0 aromatic heterocycles. The van der Waals surface area contributed by atoms with Crippen molar-refractivity contribution in [2.45, 2.75) is 57.2 Å². The molecule has 41 heavy (non-hydrogen) atoms. The van der Waals surface area contributed by atoms with Crippen LogP contribution < -0.4 is 9.46 Å². The number of carbonyl (C=O) groups is 1. The topological polar surface area (TPSA) is 75.7 Å². The first-order valence-corrected chi connectivity index (χ1v) is 14.9. The number of benzene rings is 4. The van der Waals surface area contributed by atoms with Gasteiger partial charge in [-0.1, -0.05) is 81.4 Å². The maximum Gasteiger partial charge on any atom is 0.261 e. The van der Waals surface area contributed by atoms with Crippen LogP contribution in [-0.2, 0) is 46.4 Å². The molecule has 0 saturated heterocycles. The van der Waals surface area contributed by atoms with Gasteiger partial charge >= 0.3 is 0 Å². The first kappa shape index (κ1) is 28.4. The van der Waals surface area contributed by atoms with Crippen molar-refractivity contribution in [3.63, 3.8) is 0 Å². The largest absolute Gasteiger partial charge is 0.489 e. The molecule has 1 aliphatic rings. The number of carbonyl (C=O) groups excluding carboxylic acids is 1. The third kappa shape index (κ3) is 6.77. The van der Waals surface area contributed by atoms with Crippen LogP contribution in [0.1, 0.15) is 48.6 Å². The molecule has 6 nitrogen and oxygen atoms in total. The van der Waals surface area contributed by atoms with E-state index in [1.54, 1.807) is 17.0 Å². The number of fused-ring (bicyclic) bond motifs is 1. The highest BCUT2D eigenvalue weighted by molar-refractivity contribution is 7.92. The quantitative estimate of drug-likeness (QED) is 0.259. The van der Waals surface area contributed by atoms with Crippen molar-refractivity contribution in [3.8, 4) is 5.75 Å². The van der Waals surface area contributed by atoms with Gasteiger partial charge in [0.05, 0.1) is 17.0 Å². The molecule has 4 aromatic carbocycles. The summed E-state index contributed by atoms with van der Waals surface area (Å²) in [6.45, 7) is 7.44. The van der Waals surface area contributed by atoms with Crippen molar-refractivity contribution in [2.75, 3.05) is 4.72 Å². The molecule has 0 bridgehead atoms.